The van der Waals surface area contributed by atoms with Gasteiger partial charge in [0, 0.05) is 13.2 Å². The summed E-state index contributed by atoms with van der Waals surface area (Å²) in [5, 5.41) is 3.12. The molecular weight excluding hydrogens is 250 g/mol. The standard InChI is InChI=1S/C13H21NO3S/c1-4-14-12(9-17-3)10-18(15,16)13-7-5-11(2)6-8-13/h5-8,12,14H,4,9-10H2,1-3H3. The topological polar surface area (TPSA) is 55.4 Å². The third kappa shape index (κ3) is 4.40. The molecule has 18 heavy (non-hydrogen) atoms. The van der Waals surface area contributed by atoms with Crippen molar-refractivity contribution in [2.45, 2.75) is 24.8 Å². The molecule has 1 N–H and O–H groups in total. The molecule has 0 radical (unpaired) electrons. The predicted molar refractivity (Wildman–Crippen MR) is 72.6 cm³/mol. The molecule has 4 nitrogen and oxygen atoms in total. The van der Waals surface area contributed by atoms with Crippen LogP contribution in [0.5, 0.6) is 0 Å². The van der Waals surface area contributed by atoms with Crippen molar-refractivity contribution in [3.63, 3.8) is 0 Å². The average molecular weight is 271 g/mol. The predicted octanol–water partition coefficient (Wildman–Crippen LogP) is 1.39. The zero-order valence-corrected chi connectivity index (χ0v) is 12.0. The van der Waals surface area contributed by atoms with Gasteiger partial charge in [-0.1, -0.05) is 24.6 Å². The highest BCUT2D eigenvalue weighted by Gasteiger charge is 2.20. The van der Waals surface area contributed by atoms with Crippen LogP contribution in [0.25, 0.3) is 0 Å². The Morgan fingerprint density at radius 2 is 1.89 bits per heavy atom. The van der Waals surface area contributed by atoms with Gasteiger partial charge in [0.1, 0.15) is 0 Å². The third-order valence-electron chi connectivity index (χ3n) is 2.66. The lowest BCUT2D eigenvalue weighted by atomic mass is 10.2. The van der Waals surface area contributed by atoms with E-state index in [2.05, 4.69) is 5.32 Å². The molecule has 102 valence electrons. The molecule has 0 bridgehead atoms. The van der Waals surface area contributed by atoms with Crippen LogP contribution in [-0.4, -0.2) is 40.5 Å². The number of hydrogen-bond acceptors (Lipinski definition) is 4. The maximum atomic E-state index is 12.2. The molecular formula is C13H21NO3S. The number of ether oxygens (including phenoxy) is 1. The average Bonchev–Trinajstić information content (AvgIpc) is 2.29. The highest BCUT2D eigenvalue weighted by Crippen LogP contribution is 2.13. The van der Waals surface area contributed by atoms with E-state index in [1.54, 1.807) is 19.2 Å². The van der Waals surface area contributed by atoms with Gasteiger partial charge in [0.05, 0.1) is 17.3 Å². The zero-order valence-electron chi connectivity index (χ0n) is 11.1. The largest absolute Gasteiger partial charge is 0.383 e. The van der Waals surface area contributed by atoms with Crippen molar-refractivity contribution in [2.24, 2.45) is 0 Å². The van der Waals surface area contributed by atoms with E-state index >= 15 is 0 Å². The SMILES string of the molecule is CCNC(COC)CS(=O)(=O)c1ccc(C)cc1. The second-order valence-corrected chi connectivity index (χ2v) is 6.34. The Balaban J connectivity index is 2.82. The van der Waals surface area contributed by atoms with E-state index in [1.165, 1.54) is 0 Å². The van der Waals surface area contributed by atoms with Crippen LogP contribution >= 0.6 is 0 Å². The van der Waals surface area contributed by atoms with Gasteiger partial charge in [-0.15, -0.1) is 0 Å². The highest BCUT2D eigenvalue weighted by atomic mass is 32.2. The Hall–Kier alpha value is -0.910. The fourth-order valence-corrected chi connectivity index (χ4v) is 3.25. The Bertz CT molecular complexity index is 448. The first-order chi connectivity index (χ1) is 8.49. The van der Waals surface area contributed by atoms with Crippen LogP contribution in [0.1, 0.15) is 12.5 Å². The first-order valence-electron chi connectivity index (χ1n) is 6.01. The van der Waals surface area contributed by atoms with Gasteiger partial charge in [0.15, 0.2) is 9.84 Å². The van der Waals surface area contributed by atoms with E-state index in [1.807, 2.05) is 26.0 Å². The van der Waals surface area contributed by atoms with Gasteiger partial charge in [0.2, 0.25) is 0 Å². The molecule has 1 atom stereocenters. The zero-order chi connectivity index (χ0) is 13.6. The first-order valence-corrected chi connectivity index (χ1v) is 7.66. The summed E-state index contributed by atoms with van der Waals surface area (Å²) in [7, 11) is -1.69. The second kappa shape index (κ2) is 6.87. The van der Waals surface area contributed by atoms with E-state index in [4.69, 9.17) is 4.74 Å². The van der Waals surface area contributed by atoms with E-state index < -0.39 is 9.84 Å². The first kappa shape index (κ1) is 15.1. The lowest BCUT2D eigenvalue weighted by Crippen LogP contribution is -2.39. The fourth-order valence-electron chi connectivity index (χ4n) is 1.76. The molecule has 0 spiro atoms. The summed E-state index contributed by atoms with van der Waals surface area (Å²) >= 11 is 0. The number of likely N-dealkylation sites (N-methyl/N-ethyl adjacent to an activating group) is 1. The molecule has 0 aliphatic rings. The number of rotatable bonds is 7. The van der Waals surface area contributed by atoms with Gasteiger partial charge in [-0.3, -0.25) is 0 Å². The summed E-state index contributed by atoms with van der Waals surface area (Å²) in [5.74, 6) is 0.0533. The summed E-state index contributed by atoms with van der Waals surface area (Å²) in [6.45, 7) is 4.99. The van der Waals surface area contributed by atoms with Crippen molar-refractivity contribution in [3.05, 3.63) is 29.8 Å². The molecule has 0 heterocycles. The summed E-state index contributed by atoms with van der Waals surface area (Å²) in [6.07, 6.45) is 0. The molecule has 1 unspecified atom stereocenters. The molecule has 0 saturated heterocycles. The smallest absolute Gasteiger partial charge is 0.179 e. The quantitative estimate of drug-likeness (QED) is 0.814. The van der Waals surface area contributed by atoms with Crippen molar-refractivity contribution in [3.8, 4) is 0 Å². The minimum absolute atomic E-state index is 0.0533. The van der Waals surface area contributed by atoms with Gasteiger partial charge in [-0.2, -0.15) is 0 Å². The second-order valence-electron chi connectivity index (χ2n) is 4.30. The van der Waals surface area contributed by atoms with Gasteiger partial charge in [-0.05, 0) is 25.6 Å². The molecule has 1 aromatic rings. The molecule has 0 saturated carbocycles. The summed E-state index contributed by atoms with van der Waals surface area (Å²) in [6, 6.07) is 6.75. The lowest BCUT2D eigenvalue weighted by Gasteiger charge is -2.17. The van der Waals surface area contributed by atoms with E-state index in [0.717, 1.165) is 12.1 Å². The van der Waals surface area contributed by atoms with Crippen molar-refractivity contribution < 1.29 is 13.2 Å². The Morgan fingerprint density at radius 1 is 1.28 bits per heavy atom. The third-order valence-corrected chi connectivity index (χ3v) is 4.49. The van der Waals surface area contributed by atoms with Crippen molar-refractivity contribution in [1.82, 2.24) is 5.32 Å². The maximum Gasteiger partial charge on any atom is 0.179 e. The minimum atomic E-state index is -3.26. The van der Waals surface area contributed by atoms with Crippen LogP contribution in [0, 0.1) is 6.92 Å². The van der Waals surface area contributed by atoms with Crippen LogP contribution in [0.3, 0.4) is 0 Å². The Morgan fingerprint density at radius 3 is 2.39 bits per heavy atom. The summed E-state index contributed by atoms with van der Waals surface area (Å²) in [4.78, 5) is 0.368. The van der Waals surface area contributed by atoms with Gasteiger partial charge in [-0.25, -0.2) is 8.42 Å². The maximum absolute atomic E-state index is 12.2. The Kier molecular flexibility index (Phi) is 5.78. The number of sulfone groups is 1. The summed E-state index contributed by atoms with van der Waals surface area (Å²) in [5.41, 5.74) is 1.05. The molecule has 0 fully saturated rings. The number of nitrogens with one attached hydrogen (secondary N) is 1. The van der Waals surface area contributed by atoms with E-state index in [9.17, 15) is 8.42 Å². The van der Waals surface area contributed by atoms with Crippen molar-refractivity contribution in [2.75, 3.05) is 26.0 Å². The minimum Gasteiger partial charge on any atom is -0.383 e. The highest BCUT2D eigenvalue weighted by molar-refractivity contribution is 7.91. The molecule has 1 rings (SSSR count). The molecule has 1 aromatic carbocycles. The van der Waals surface area contributed by atoms with Crippen LogP contribution in [-0.2, 0) is 14.6 Å². The van der Waals surface area contributed by atoms with Gasteiger partial charge < -0.3 is 10.1 Å². The lowest BCUT2D eigenvalue weighted by molar-refractivity contribution is 0.174. The number of methoxy groups -OCH3 is 1. The monoisotopic (exact) mass is 271 g/mol. The molecule has 0 amide bonds. The normalized spacial score (nSPS) is 13.5. The number of hydrogen-bond donors (Lipinski definition) is 1. The van der Waals surface area contributed by atoms with Gasteiger partial charge >= 0.3 is 0 Å². The van der Waals surface area contributed by atoms with Crippen LogP contribution in [0.2, 0.25) is 0 Å². The molecule has 0 aliphatic carbocycles. The van der Waals surface area contributed by atoms with Crippen molar-refractivity contribution >= 4 is 9.84 Å². The number of aryl methyl sites for hydroxylation is 1. The Labute approximate surface area is 109 Å². The van der Waals surface area contributed by atoms with E-state index in [0.29, 0.717) is 11.5 Å². The van der Waals surface area contributed by atoms with Crippen molar-refractivity contribution in [1.29, 1.82) is 0 Å². The van der Waals surface area contributed by atoms with Crippen LogP contribution in [0.4, 0.5) is 0 Å². The number of benzene rings is 1. The van der Waals surface area contributed by atoms with Crippen LogP contribution < -0.4 is 5.32 Å². The molecule has 5 heteroatoms. The fraction of sp³-hybridized carbons (Fsp3) is 0.538. The molecule has 0 aliphatic heterocycles. The summed E-state index contributed by atoms with van der Waals surface area (Å²) < 4.78 is 29.4. The molecule has 0 aromatic heterocycles. The van der Waals surface area contributed by atoms with Crippen LogP contribution in [0.15, 0.2) is 29.2 Å². The van der Waals surface area contributed by atoms with E-state index in [-0.39, 0.29) is 11.8 Å². The van der Waals surface area contributed by atoms with Gasteiger partial charge in [0.25, 0.3) is 0 Å².